The molecule has 2 rings (SSSR count). The minimum absolute atomic E-state index is 0.199. The largest absolute Gasteiger partial charge is 0.507 e. The molecule has 3 nitrogen and oxygen atoms in total. The Hall–Kier alpha value is -1.55. The van der Waals surface area contributed by atoms with Gasteiger partial charge >= 0.3 is 0 Å². The number of phenolic OH excluding ortho intramolecular Hbond substituents is 1. The van der Waals surface area contributed by atoms with Gasteiger partial charge in [-0.15, -0.1) is 11.3 Å². The van der Waals surface area contributed by atoms with Crippen LogP contribution in [0.25, 0.3) is 10.1 Å². The van der Waals surface area contributed by atoms with Crippen LogP contribution in [0.1, 0.15) is 5.56 Å². The van der Waals surface area contributed by atoms with Gasteiger partial charge in [-0.1, -0.05) is 0 Å². The summed E-state index contributed by atoms with van der Waals surface area (Å²) in [5.74, 6) is 0.230. The highest BCUT2D eigenvalue weighted by Crippen LogP contribution is 2.30. The molecule has 0 aliphatic heterocycles. The lowest BCUT2D eigenvalue weighted by atomic mass is 10.1. The maximum atomic E-state index is 9.99. The Labute approximate surface area is 84.6 Å². The van der Waals surface area contributed by atoms with E-state index in [0.29, 0.717) is 6.47 Å². The van der Waals surface area contributed by atoms with Gasteiger partial charge < -0.3 is 9.84 Å². The van der Waals surface area contributed by atoms with Gasteiger partial charge in [-0.3, -0.25) is 4.79 Å². The van der Waals surface area contributed by atoms with E-state index in [1.807, 2.05) is 17.5 Å². The Bertz CT molecular complexity index is 461. The summed E-state index contributed by atoms with van der Waals surface area (Å²) in [6.45, 7) is 0.598. The summed E-state index contributed by atoms with van der Waals surface area (Å²) < 4.78 is 5.61. The second-order valence-corrected chi connectivity index (χ2v) is 3.80. The van der Waals surface area contributed by atoms with Crippen molar-refractivity contribution in [3.05, 3.63) is 29.1 Å². The molecule has 1 aromatic heterocycles. The summed E-state index contributed by atoms with van der Waals surface area (Å²) >= 11 is 1.55. The number of thiophene rings is 1. The molecule has 0 atom stereocenters. The Morgan fingerprint density at radius 1 is 1.50 bits per heavy atom. The smallest absolute Gasteiger partial charge is 0.293 e. The number of aromatic hydroxyl groups is 1. The van der Waals surface area contributed by atoms with Crippen LogP contribution in [0.15, 0.2) is 23.6 Å². The van der Waals surface area contributed by atoms with E-state index in [1.54, 1.807) is 17.4 Å². The fourth-order valence-corrected chi connectivity index (χ4v) is 2.19. The molecule has 0 unspecified atom stereocenters. The van der Waals surface area contributed by atoms with Crippen molar-refractivity contribution in [1.82, 2.24) is 0 Å². The summed E-state index contributed by atoms with van der Waals surface area (Å²) in [6, 6.07) is 5.38. The van der Waals surface area contributed by atoms with Gasteiger partial charge in [0.25, 0.3) is 6.47 Å². The van der Waals surface area contributed by atoms with Gasteiger partial charge in [0.15, 0.2) is 0 Å². The van der Waals surface area contributed by atoms with E-state index in [-0.39, 0.29) is 12.4 Å². The summed E-state index contributed by atoms with van der Waals surface area (Å²) in [4.78, 5) is 9.99. The van der Waals surface area contributed by atoms with E-state index in [1.165, 1.54) is 0 Å². The quantitative estimate of drug-likeness (QED) is 0.787. The molecule has 0 aliphatic carbocycles. The molecule has 0 aliphatic rings. The fraction of sp³-hybridized carbons (Fsp3) is 0.100. The Balaban J connectivity index is 2.42. The molecule has 1 N–H and O–H groups in total. The first kappa shape index (κ1) is 9.02. The number of carbonyl (C=O) groups is 1. The van der Waals surface area contributed by atoms with Gasteiger partial charge in [-0.2, -0.15) is 0 Å². The Kier molecular flexibility index (Phi) is 2.37. The predicted molar refractivity (Wildman–Crippen MR) is 54.3 cm³/mol. The van der Waals surface area contributed by atoms with Crippen LogP contribution in [-0.2, 0) is 16.1 Å². The maximum Gasteiger partial charge on any atom is 0.293 e. The van der Waals surface area contributed by atoms with Crippen molar-refractivity contribution in [3.63, 3.8) is 0 Å². The highest BCUT2D eigenvalue weighted by atomic mass is 32.1. The summed E-state index contributed by atoms with van der Waals surface area (Å²) in [5, 5.41) is 12.4. The van der Waals surface area contributed by atoms with Crippen molar-refractivity contribution in [1.29, 1.82) is 0 Å². The van der Waals surface area contributed by atoms with E-state index in [9.17, 15) is 9.90 Å². The van der Waals surface area contributed by atoms with Crippen LogP contribution < -0.4 is 0 Å². The molecular weight excluding hydrogens is 200 g/mol. The highest BCUT2D eigenvalue weighted by Gasteiger charge is 2.03. The summed E-state index contributed by atoms with van der Waals surface area (Å²) in [7, 11) is 0. The second-order valence-electron chi connectivity index (χ2n) is 2.85. The monoisotopic (exact) mass is 208 g/mol. The number of fused-ring (bicyclic) bond motifs is 1. The van der Waals surface area contributed by atoms with Gasteiger partial charge in [0, 0.05) is 10.1 Å². The van der Waals surface area contributed by atoms with Crippen LogP contribution in [0, 0.1) is 0 Å². The van der Waals surface area contributed by atoms with Crippen LogP contribution in [0.4, 0.5) is 0 Å². The molecule has 0 bridgehead atoms. The van der Waals surface area contributed by atoms with E-state index < -0.39 is 0 Å². The number of carbonyl (C=O) groups excluding carboxylic acids is 1. The number of ether oxygens (including phenoxy) is 1. The third kappa shape index (κ3) is 1.56. The van der Waals surface area contributed by atoms with Crippen molar-refractivity contribution in [3.8, 4) is 5.75 Å². The second kappa shape index (κ2) is 3.67. The van der Waals surface area contributed by atoms with Gasteiger partial charge in [-0.05, 0) is 29.1 Å². The molecule has 1 heterocycles. The van der Waals surface area contributed by atoms with Gasteiger partial charge in [0.1, 0.15) is 12.4 Å². The van der Waals surface area contributed by atoms with Crippen molar-refractivity contribution in [2.24, 2.45) is 0 Å². The maximum absolute atomic E-state index is 9.99. The SMILES string of the molecule is O=COCc1cc(O)c2ccsc2c1. The first-order valence-electron chi connectivity index (χ1n) is 4.05. The van der Waals surface area contributed by atoms with Crippen molar-refractivity contribution in [2.45, 2.75) is 6.61 Å². The van der Waals surface area contributed by atoms with E-state index >= 15 is 0 Å². The zero-order chi connectivity index (χ0) is 9.97. The van der Waals surface area contributed by atoms with Crippen LogP contribution in [-0.4, -0.2) is 11.6 Å². The number of rotatable bonds is 3. The van der Waals surface area contributed by atoms with Crippen LogP contribution in [0.3, 0.4) is 0 Å². The number of benzene rings is 1. The average molecular weight is 208 g/mol. The lowest BCUT2D eigenvalue weighted by molar-refractivity contribution is -0.129. The molecule has 0 amide bonds. The molecule has 0 saturated heterocycles. The van der Waals surface area contributed by atoms with Gasteiger partial charge in [0.2, 0.25) is 0 Å². The molecular formula is C10H8O3S. The van der Waals surface area contributed by atoms with E-state index in [2.05, 4.69) is 4.74 Å². The van der Waals surface area contributed by atoms with E-state index in [4.69, 9.17) is 0 Å². The highest BCUT2D eigenvalue weighted by molar-refractivity contribution is 7.17. The number of hydrogen-bond donors (Lipinski definition) is 1. The lowest BCUT2D eigenvalue weighted by Gasteiger charge is -2.01. The van der Waals surface area contributed by atoms with Crippen LogP contribution in [0.5, 0.6) is 5.75 Å². The minimum atomic E-state index is 0.199. The Morgan fingerprint density at radius 3 is 3.14 bits per heavy atom. The Morgan fingerprint density at radius 2 is 2.36 bits per heavy atom. The first-order chi connectivity index (χ1) is 6.81. The van der Waals surface area contributed by atoms with Crippen molar-refractivity contribution >= 4 is 27.9 Å². The molecule has 0 spiro atoms. The van der Waals surface area contributed by atoms with Crippen LogP contribution >= 0.6 is 11.3 Å². The third-order valence-electron chi connectivity index (χ3n) is 1.93. The standard InChI is InChI=1S/C10H8O3S/c11-6-13-5-7-3-9(12)8-1-2-14-10(8)4-7/h1-4,6,12H,5H2. The summed E-state index contributed by atoms with van der Waals surface area (Å²) in [6.07, 6.45) is 0. The minimum Gasteiger partial charge on any atom is -0.507 e. The molecule has 14 heavy (non-hydrogen) atoms. The normalized spacial score (nSPS) is 10.3. The first-order valence-corrected chi connectivity index (χ1v) is 4.93. The molecule has 4 heteroatoms. The zero-order valence-corrected chi connectivity index (χ0v) is 8.08. The number of hydrogen-bond acceptors (Lipinski definition) is 4. The van der Waals surface area contributed by atoms with Crippen molar-refractivity contribution < 1.29 is 14.6 Å². The molecule has 0 radical (unpaired) electrons. The molecule has 0 saturated carbocycles. The molecule has 0 fully saturated rings. The van der Waals surface area contributed by atoms with E-state index in [0.717, 1.165) is 15.6 Å². The lowest BCUT2D eigenvalue weighted by Crippen LogP contribution is -1.89. The van der Waals surface area contributed by atoms with Gasteiger partial charge in [-0.25, -0.2) is 0 Å². The fourth-order valence-electron chi connectivity index (χ4n) is 1.32. The molecule has 1 aromatic carbocycles. The number of phenols is 1. The third-order valence-corrected chi connectivity index (χ3v) is 2.79. The summed E-state index contributed by atoms with van der Waals surface area (Å²) in [5.41, 5.74) is 0.796. The van der Waals surface area contributed by atoms with Crippen molar-refractivity contribution in [2.75, 3.05) is 0 Å². The van der Waals surface area contributed by atoms with Crippen LogP contribution in [0.2, 0.25) is 0 Å². The topological polar surface area (TPSA) is 46.5 Å². The zero-order valence-electron chi connectivity index (χ0n) is 7.27. The average Bonchev–Trinajstić information content (AvgIpc) is 2.63. The van der Waals surface area contributed by atoms with Gasteiger partial charge in [0.05, 0.1) is 0 Å². The predicted octanol–water partition coefficient (Wildman–Crippen LogP) is 2.28. The molecule has 2 aromatic rings. The molecule has 72 valence electrons.